The van der Waals surface area contributed by atoms with Gasteiger partial charge in [0.15, 0.2) is 0 Å². The second kappa shape index (κ2) is 10.7. The molecule has 0 bridgehead atoms. The summed E-state index contributed by atoms with van der Waals surface area (Å²) in [6, 6.07) is 12.3. The van der Waals surface area contributed by atoms with E-state index in [2.05, 4.69) is 28.5 Å². The Morgan fingerprint density at radius 2 is 2.15 bits per heavy atom. The minimum Gasteiger partial charge on any atom is -0.446 e. The number of H-pyrrole nitrogens is 1. The number of nitrogens with zero attached hydrogens (tertiary/aromatic N) is 2. The van der Waals surface area contributed by atoms with E-state index in [1.54, 1.807) is 6.20 Å². The highest BCUT2D eigenvalue weighted by atomic mass is 32.1. The number of hydrogen-bond acceptors (Lipinski definition) is 6. The van der Waals surface area contributed by atoms with Gasteiger partial charge in [-0.1, -0.05) is 37.3 Å². The molecule has 176 valence electrons. The van der Waals surface area contributed by atoms with Crippen molar-refractivity contribution in [2.45, 2.75) is 64.5 Å². The number of thiophene rings is 1. The largest absolute Gasteiger partial charge is 0.446 e. The van der Waals surface area contributed by atoms with Crippen LogP contribution in [0, 0.1) is 18.3 Å². The molecule has 0 aliphatic heterocycles. The predicted molar refractivity (Wildman–Crippen MR) is 130 cm³/mol. The summed E-state index contributed by atoms with van der Waals surface area (Å²) in [4.78, 5) is 26.9. The van der Waals surface area contributed by atoms with Crippen LogP contribution in [0.25, 0.3) is 0 Å². The van der Waals surface area contributed by atoms with E-state index in [-0.39, 0.29) is 24.2 Å². The molecule has 2 atom stereocenters. The number of rotatable bonds is 8. The fourth-order valence-corrected chi connectivity index (χ4v) is 5.77. The Morgan fingerprint density at radius 3 is 2.85 bits per heavy atom. The summed E-state index contributed by atoms with van der Waals surface area (Å²) in [5, 5.41) is 19.3. The van der Waals surface area contributed by atoms with Gasteiger partial charge in [-0.3, -0.25) is 9.89 Å². The molecule has 0 spiro atoms. The number of ether oxygens (including phenoxy) is 1. The molecule has 1 aliphatic carbocycles. The highest BCUT2D eigenvalue weighted by Gasteiger charge is 2.28. The molecule has 0 saturated heterocycles. The lowest BCUT2D eigenvalue weighted by Gasteiger charge is -2.22. The first-order valence-corrected chi connectivity index (χ1v) is 12.3. The number of Topliss-reactive ketones (excluding diaryl/α,β-unsaturated/α-hetero) is 1. The number of benzene rings is 1. The van der Waals surface area contributed by atoms with E-state index in [0.29, 0.717) is 37.8 Å². The van der Waals surface area contributed by atoms with Crippen LogP contribution >= 0.6 is 11.3 Å². The van der Waals surface area contributed by atoms with E-state index in [4.69, 9.17) is 4.74 Å². The second-order valence-electron chi connectivity index (χ2n) is 8.79. The summed E-state index contributed by atoms with van der Waals surface area (Å²) in [5.41, 5.74) is 4.61. The summed E-state index contributed by atoms with van der Waals surface area (Å²) < 4.78 is 5.63. The smallest absolute Gasteiger partial charge is 0.407 e. The van der Waals surface area contributed by atoms with Crippen molar-refractivity contribution >= 4 is 23.2 Å². The van der Waals surface area contributed by atoms with E-state index in [1.165, 1.54) is 11.3 Å². The zero-order valence-corrected chi connectivity index (χ0v) is 20.2. The Kier molecular flexibility index (Phi) is 7.43. The van der Waals surface area contributed by atoms with E-state index in [0.717, 1.165) is 32.1 Å². The van der Waals surface area contributed by atoms with Crippen LogP contribution in [-0.4, -0.2) is 28.2 Å². The van der Waals surface area contributed by atoms with Crippen LogP contribution in [0.5, 0.6) is 0 Å². The van der Waals surface area contributed by atoms with E-state index >= 15 is 0 Å². The van der Waals surface area contributed by atoms with Crippen LogP contribution in [0.15, 0.2) is 36.5 Å². The number of amides is 1. The minimum atomic E-state index is -0.462. The number of aromatic amines is 1. The number of aromatic nitrogens is 2. The number of nitrogens with one attached hydrogen (secondary N) is 2. The maximum atomic E-state index is 12.8. The minimum absolute atomic E-state index is 0.133. The van der Waals surface area contributed by atoms with Crippen LogP contribution in [0.1, 0.15) is 63.4 Å². The number of hydrogen-bond donors (Lipinski definition) is 2. The fraction of sp³-hybridized carbons (Fsp3) is 0.385. The number of carbonyl (C=O) groups excluding carboxylic acids is 2. The Hall–Kier alpha value is -3.44. The van der Waals surface area contributed by atoms with Crippen molar-refractivity contribution in [3.8, 4) is 6.07 Å². The zero-order valence-electron chi connectivity index (χ0n) is 19.4. The van der Waals surface area contributed by atoms with Crippen molar-refractivity contribution in [2.75, 3.05) is 0 Å². The summed E-state index contributed by atoms with van der Waals surface area (Å²) in [7, 11) is 0. The quantitative estimate of drug-likeness (QED) is 0.488. The molecule has 3 aromatic rings. The van der Waals surface area contributed by atoms with E-state index < -0.39 is 6.09 Å². The average molecular weight is 477 g/mol. The molecule has 2 aromatic heterocycles. The van der Waals surface area contributed by atoms with Gasteiger partial charge in [0, 0.05) is 46.8 Å². The first kappa shape index (κ1) is 23.7. The van der Waals surface area contributed by atoms with Crippen LogP contribution in [0.3, 0.4) is 0 Å². The molecule has 34 heavy (non-hydrogen) atoms. The van der Waals surface area contributed by atoms with Crippen LogP contribution in [-0.2, 0) is 35.3 Å². The van der Waals surface area contributed by atoms with Crippen molar-refractivity contribution in [1.82, 2.24) is 15.5 Å². The van der Waals surface area contributed by atoms with Gasteiger partial charge in [0.2, 0.25) is 0 Å². The Balaban J connectivity index is 1.35. The molecule has 1 amide bonds. The number of fused-ring (bicyclic) bond motifs is 1. The lowest BCUT2D eigenvalue weighted by atomic mass is 9.91. The summed E-state index contributed by atoms with van der Waals surface area (Å²) in [5.74, 6) is 0.268. The summed E-state index contributed by atoms with van der Waals surface area (Å²) in [6.45, 7) is 4.30. The maximum absolute atomic E-state index is 12.8. The third kappa shape index (κ3) is 5.54. The summed E-state index contributed by atoms with van der Waals surface area (Å²) in [6.07, 6.45) is 3.59. The van der Waals surface area contributed by atoms with Gasteiger partial charge in [-0.05, 0) is 36.8 Å². The zero-order chi connectivity index (χ0) is 24.1. The Bertz CT molecular complexity index is 1210. The molecular formula is C26H28N4O3S. The lowest BCUT2D eigenvalue weighted by molar-refractivity contribution is -0.118. The number of aryl methyl sites for hydroxylation is 1. The van der Waals surface area contributed by atoms with Crippen LogP contribution < -0.4 is 5.32 Å². The van der Waals surface area contributed by atoms with Crippen molar-refractivity contribution < 1.29 is 14.3 Å². The van der Waals surface area contributed by atoms with Crippen LogP contribution in [0.2, 0.25) is 0 Å². The lowest BCUT2D eigenvalue weighted by Crippen LogP contribution is -2.31. The van der Waals surface area contributed by atoms with Crippen molar-refractivity contribution in [2.24, 2.45) is 0 Å². The molecule has 0 saturated carbocycles. The number of alkyl carbamates (subject to hydrolysis) is 1. The number of ketones is 1. The molecule has 0 radical (unpaired) electrons. The summed E-state index contributed by atoms with van der Waals surface area (Å²) >= 11 is 1.51. The molecular weight excluding hydrogens is 448 g/mol. The second-order valence-corrected chi connectivity index (χ2v) is 9.98. The van der Waals surface area contributed by atoms with Crippen molar-refractivity contribution in [3.05, 3.63) is 74.2 Å². The van der Waals surface area contributed by atoms with Gasteiger partial charge in [0.1, 0.15) is 18.0 Å². The highest BCUT2D eigenvalue weighted by Crippen LogP contribution is 2.36. The van der Waals surface area contributed by atoms with E-state index in [9.17, 15) is 14.9 Å². The Labute approximate surface area is 203 Å². The van der Waals surface area contributed by atoms with Gasteiger partial charge in [0.05, 0.1) is 11.8 Å². The average Bonchev–Trinajstić information content (AvgIpc) is 3.39. The van der Waals surface area contributed by atoms with Crippen molar-refractivity contribution in [1.29, 1.82) is 5.26 Å². The normalized spacial score (nSPS) is 15.7. The SMILES string of the molecule is Cc1[nH]ncc1CNC(=O)OC1CCc2c(sc(CC(=O)CC(C)c3ccccc3)c2C#N)C1. The molecule has 0 fully saturated rings. The first-order valence-electron chi connectivity index (χ1n) is 11.5. The maximum Gasteiger partial charge on any atom is 0.407 e. The topological polar surface area (TPSA) is 108 Å². The third-order valence-electron chi connectivity index (χ3n) is 6.30. The highest BCUT2D eigenvalue weighted by molar-refractivity contribution is 7.12. The van der Waals surface area contributed by atoms with Gasteiger partial charge in [0.25, 0.3) is 0 Å². The van der Waals surface area contributed by atoms with Gasteiger partial charge in [-0.25, -0.2) is 4.79 Å². The third-order valence-corrected chi connectivity index (χ3v) is 7.55. The monoisotopic (exact) mass is 476 g/mol. The Morgan fingerprint density at radius 1 is 1.35 bits per heavy atom. The van der Waals surface area contributed by atoms with Crippen LogP contribution in [0.4, 0.5) is 4.79 Å². The molecule has 4 rings (SSSR count). The van der Waals surface area contributed by atoms with Gasteiger partial charge >= 0.3 is 6.09 Å². The molecule has 7 nitrogen and oxygen atoms in total. The number of nitriles is 1. The van der Waals surface area contributed by atoms with E-state index in [1.807, 2.05) is 37.3 Å². The van der Waals surface area contributed by atoms with Gasteiger partial charge in [-0.15, -0.1) is 11.3 Å². The standard InChI is InChI=1S/C26H28N4O3S/c1-16(18-6-4-3-5-7-18)10-20(31)11-24-23(13-27)22-9-8-21(12-25(22)34-24)33-26(32)28-14-19-15-29-30-17(19)2/h3-7,15-16,21H,8-12,14H2,1-2H3,(H,28,32)(H,29,30). The van der Waals surface area contributed by atoms with Gasteiger partial charge in [-0.2, -0.15) is 10.4 Å². The molecule has 8 heteroatoms. The predicted octanol–water partition coefficient (Wildman–Crippen LogP) is 4.74. The molecule has 2 N–H and O–H groups in total. The molecule has 2 unspecified atom stereocenters. The molecule has 2 heterocycles. The molecule has 1 aromatic carbocycles. The van der Waals surface area contributed by atoms with Crippen molar-refractivity contribution in [3.63, 3.8) is 0 Å². The first-order chi connectivity index (χ1) is 16.4. The van der Waals surface area contributed by atoms with Gasteiger partial charge < -0.3 is 10.1 Å². The number of carbonyl (C=O) groups is 2. The fourth-order valence-electron chi connectivity index (χ4n) is 4.37. The molecule has 1 aliphatic rings.